The van der Waals surface area contributed by atoms with Crippen LogP contribution in [-0.2, 0) is 14.8 Å². The summed E-state index contributed by atoms with van der Waals surface area (Å²) in [5.74, 6) is -1.18. The zero-order valence-electron chi connectivity index (χ0n) is 15.6. The van der Waals surface area contributed by atoms with Crippen molar-refractivity contribution in [1.82, 2.24) is 4.72 Å². The van der Waals surface area contributed by atoms with Crippen molar-refractivity contribution in [3.8, 4) is 0 Å². The molecule has 0 saturated carbocycles. The minimum atomic E-state index is -3.92. The molecule has 0 amide bonds. The molecule has 1 saturated heterocycles. The van der Waals surface area contributed by atoms with Crippen LogP contribution in [0.5, 0.6) is 0 Å². The molecule has 0 radical (unpaired) electrons. The lowest BCUT2D eigenvalue weighted by atomic mass is 10.1. The van der Waals surface area contributed by atoms with Gasteiger partial charge in [0.1, 0.15) is 4.90 Å². The number of aromatic carboxylic acids is 1. The number of benzene rings is 2. The summed E-state index contributed by atoms with van der Waals surface area (Å²) in [4.78, 5) is 11.3. The standard InChI is InChI=1S/C20H24N2O5S/c1-14(15-6-3-2-4-7-15)22-18-10-9-16(20(23)24)12-19(18)28(25,26)21-13-17-8-5-11-27-17/h2-4,6-7,9-10,12,14,17,21-22H,5,8,11,13H2,1H3,(H,23,24)/t14-,17+/m0/s1. The van der Waals surface area contributed by atoms with E-state index in [0.29, 0.717) is 12.3 Å². The van der Waals surface area contributed by atoms with Gasteiger partial charge in [-0.1, -0.05) is 30.3 Å². The van der Waals surface area contributed by atoms with E-state index in [9.17, 15) is 18.3 Å². The van der Waals surface area contributed by atoms with Gasteiger partial charge in [0, 0.05) is 19.2 Å². The van der Waals surface area contributed by atoms with E-state index in [1.54, 1.807) is 0 Å². The van der Waals surface area contributed by atoms with Gasteiger partial charge in [0.2, 0.25) is 10.0 Å². The molecule has 1 fully saturated rings. The predicted molar refractivity (Wildman–Crippen MR) is 106 cm³/mol. The van der Waals surface area contributed by atoms with Crippen LogP contribution >= 0.6 is 0 Å². The van der Waals surface area contributed by atoms with Gasteiger partial charge in [0.25, 0.3) is 0 Å². The maximum Gasteiger partial charge on any atom is 0.335 e. The topological polar surface area (TPSA) is 105 Å². The van der Waals surface area contributed by atoms with Gasteiger partial charge in [0.15, 0.2) is 0 Å². The summed E-state index contributed by atoms with van der Waals surface area (Å²) >= 11 is 0. The molecule has 7 nitrogen and oxygen atoms in total. The van der Waals surface area contributed by atoms with Crippen LogP contribution in [0.3, 0.4) is 0 Å². The number of sulfonamides is 1. The minimum absolute atomic E-state index is 0.0876. The minimum Gasteiger partial charge on any atom is -0.478 e. The third-order valence-corrected chi connectivity index (χ3v) is 6.18. The number of nitrogens with one attached hydrogen (secondary N) is 2. The summed E-state index contributed by atoms with van der Waals surface area (Å²) in [6.45, 7) is 2.70. The molecule has 1 heterocycles. The number of hydrogen-bond donors (Lipinski definition) is 3. The second kappa shape index (κ2) is 8.72. The molecule has 0 bridgehead atoms. The van der Waals surface area contributed by atoms with Crippen molar-refractivity contribution in [1.29, 1.82) is 0 Å². The lowest BCUT2D eigenvalue weighted by Gasteiger charge is -2.20. The summed E-state index contributed by atoms with van der Waals surface area (Å²) in [7, 11) is -3.92. The van der Waals surface area contributed by atoms with Gasteiger partial charge in [-0.3, -0.25) is 0 Å². The molecular weight excluding hydrogens is 380 g/mol. The molecule has 3 N–H and O–H groups in total. The van der Waals surface area contributed by atoms with Gasteiger partial charge in [-0.05, 0) is 43.5 Å². The van der Waals surface area contributed by atoms with E-state index < -0.39 is 16.0 Å². The summed E-state index contributed by atoms with van der Waals surface area (Å²) in [6.07, 6.45) is 1.55. The third-order valence-electron chi connectivity index (χ3n) is 4.71. The molecule has 8 heteroatoms. The molecule has 0 spiro atoms. The normalized spacial score (nSPS) is 18.0. The van der Waals surface area contributed by atoms with Crippen molar-refractivity contribution in [2.45, 2.75) is 36.8 Å². The second-order valence-corrected chi connectivity index (χ2v) is 8.52. The van der Waals surface area contributed by atoms with Gasteiger partial charge >= 0.3 is 5.97 Å². The lowest BCUT2D eigenvalue weighted by molar-refractivity contribution is 0.0696. The number of anilines is 1. The molecule has 2 aromatic rings. The van der Waals surface area contributed by atoms with Crippen LogP contribution in [-0.4, -0.2) is 38.7 Å². The highest BCUT2D eigenvalue weighted by molar-refractivity contribution is 7.89. The van der Waals surface area contributed by atoms with Crippen molar-refractivity contribution in [3.05, 3.63) is 59.7 Å². The quantitative estimate of drug-likeness (QED) is 0.625. The van der Waals surface area contributed by atoms with E-state index in [2.05, 4.69) is 10.0 Å². The molecule has 28 heavy (non-hydrogen) atoms. The third kappa shape index (κ3) is 4.89. The van der Waals surface area contributed by atoms with Crippen LogP contribution in [0.1, 0.15) is 41.7 Å². The lowest BCUT2D eigenvalue weighted by Crippen LogP contribution is -2.32. The van der Waals surface area contributed by atoms with Crippen molar-refractivity contribution in [3.63, 3.8) is 0 Å². The van der Waals surface area contributed by atoms with Crippen LogP contribution in [0.25, 0.3) is 0 Å². The SMILES string of the molecule is C[C@H](Nc1ccc(C(=O)O)cc1S(=O)(=O)NC[C@H]1CCCO1)c1ccccc1. The van der Waals surface area contributed by atoms with Gasteiger partial charge in [-0.25, -0.2) is 17.9 Å². The van der Waals surface area contributed by atoms with Crippen LogP contribution in [0.2, 0.25) is 0 Å². The van der Waals surface area contributed by atoms with Crippen molar-refractivity contribution in [2.75, 3.05) is 18.5 Å². The van der Waals surface area contributed by atoms with Crippen LogP contribution in [0.4, 0.5) is 5.69 Å². The zero-order valence-corrected chi connectivity index (χ0v) is 16.4. The number of carboxylic acids is 1. The molecule has 150 valence electrons. The Morgan fingerprint density at radius 1 is 1.25 bits per heavy atom. The van der Waals surface area contributed by atoms with E-state index in [1.165, 1.54) is 18.2 Å². The number of ether oxygens (including phenoxy) is 1. The van der Waals surface area contributed by atoms with Gasteiger partial charge in [0.05, 0.1) is 17.4 Å². The van der Waals surface area contributed by atoms with E-state index in [1.807, 2.05) is 37.3 Å². The molecule has 3 rings (SSSR count). The monoisotopic (exact) mass is 404 g/mol. The van der Waals surface area contributed by atoms with Crippen molar-refractivity contribution in [2.24, 2.45) is 0 Å². The van der Waals surface area contributed by atoms with E-state index in [-0.39, 0.29) is 29.1 Å². The van der Waals surface area contributed by atoms with Crippen LogP contribution < -0.4 is 10.0 Å². The average Bonchev–Trinajstić information content (AvgIpc) is 3.21. The predicted octanol–water partition coefficient (Wildman–Crippen LogP) is 3.02. The Balaban J connectivity index is 1.88. The molecule has 2 atom stereocenters. The molecule has 0 aromatic heterocycles. The van der Waals surface area contributed by atoms with Gasteiger partial charge in [-0.15, -0.1) is 0 Å². The average molecular weight is 404 g/mol. The fourth-order valence-corrected chi connectivity index (χ4v) is 4.40. The maximum absolute atomic E-state index is 12.9. The Morgan fingerprint density at radius 2 is 2.00 bits per heavy atom. The fraction of sp³-hybridized carbons (Fsp3) is 0.350. The highest BCUT2D eigenvalue weighted by Gasteiger charge is 2.24. The number of carbonyl (C=O) groups is 1. The van der Waals surface area contributed by atoms with Crippen molar-refractivity contribution < 1.29 is 23.1 Å². The maximum atomic E-state index is 12.9. The second-order valence-electron chi connectivity index (χ2n) is 6.78. The largest absolute Gasteiger partial charge is 0.478 e. The molecule has 0 aliphatic carbocycles. The first-order valence-corrected chi connectivity index (χ1v) is 10.7. The molecule has 1 aliphatic rings. The highest BCUT2D eigenvalue weighted by Crippen LogP contribution is 2.27. The summed E-state index contributed by atoms with van der Waals surface area (Å²) in [5, 5.41) is 12.5. The first-order valence-electron chi connectivity index (χ1n) is 9.17. The molecular formula is C20H24N2O5S. The van der Waals surface area contributed by atoms with E-state index >= 15 is 0 Å². The number of hydrogen-bond acceptors (Lipinski definition) is 5. The Morgan fingerprint density at radius 3 is 2.64 bits per heavy atom. The summed E-state index contributed by atoms with van der Waals surface area (Å²) in [5.41, 5.74) is 1.25. The highest BCUT2D eigenvalue weighted by atomic mass is 32.2. The smallest absolute Gasteiger partial charge is 0.335 e. The summed E-state index contributed by atoms with van der Waals surface area (Å²) in [6, 6.07) is 13.5. The Kier molecular flexibility index (Phi) is 6.33. The van der Waals surface area contributed by atoms with Crippen LogP contribution in [0, 0.1) is 0 Å². The summed E-state index contributed by atoms with van der Waals surface area (Å²) < 4.78 is 33.8. The Labute approximate surface area is 164 Å². The van der Waals surface area contributed by atoms with Crippen molar-refractivity contribution >= 4 is 21.7 Å². The van der Waals surface area contributed by atoms with E-state index in [4.69, 9.17) is 4.74 Å². The van der Waals surface area contributed by atoms with Crippen LogP contribution in [0.15, 0.2) is 53.4 Å². The first kappa shape index (κ1) is 20.3. The first-order chi connectivity index (χ1) is 13.4. The zero-order chi connectivity index (χ0) is 20.1. The molecule has 1 aliphatic heterocycles. The number of carboxylic acid groups (broad SMARTS) is 1. The van der Waals surface area contributed by atoms with Gasteiger partial charge in [-0.2, -0.15) is 0 Å². The molecule has 0 unspecified atom stereocenters. The Bertz CT molecular complexity index is 925. The van der Waals surface area contributed by atoms with Gasteiger partial charge < -0.3 is 15.2 Å². The molecule has 2 aromatic carbocycles. The Hall–Kier alpha value is -2.42. The fourth-order valence-electron chi connectivity index (χ4n) is 3.14. The van der Waals surface area contributed by atoms with E-state index in [0.717, 1.165) is 18.4 Å². The number of rotatable bonds is 8.